The van der Waals surface area contributed by atoms with E-state index in [9.17, 15) is 9.59 Å². The fourth-order valence-electron chi connectivity index (χ4n) is 2.74. The molecule has 2 rings (SSSR count). The molecule has 2 amide bonds. The number of likely N-dealkylation sites (tertiary alicyclic amines) is 1. The Labute approximate surface area is 90.1 Å². The van der Waals surface area contributed by atoms with E-state index in [2.05, 4.69) is 19.1 Å². The molecular formula is C12H17NO2. The van der Waals surface area contributed by atoms with Crippen LogP contribution in [-0.4, -0.2) is 23.8 Å². The minimum Gasteiger partial charge on any atom is -0.285 e. The first-order chi connectivity index (χ1) is 7.02. The smallest absolute Gasteiger partial charge is 0.233 e. The van der Waals surface area contributed by atoms with Crippen LogP contribution in [-0.2, 0) is 9.59 Å². The van der Waals surface area contributed by atoms with E-state index in [0.29, 0.717) is 5.92 Å². The van der Waals surface area contributed by atoms with Crippen molar-refractivity contribution in [3.63, 3.8) is 0 Å². The molecule has 15 heavy (non-hydrogen) atoms. The highest BCUT2D eigenvalue weighted by Gasteiger charge is 2.46. The van der Waals surface area contributed by atoms with Crippen LogP contribution in [0.25, 0.3) is 0 Å². The Kier molecular flexibility index (Phi) is 2.41. The summed E-state index contributed by atoms with van der Waals surface area (Å²) in [5.74, 6) is 0.493. The molecule has 0 aromatic heterocycles. The van der Waals surface area contributed by atoms with Gasteiger partial charge < -0.3 is 0 Å². The molecule has 4 unspecified atom stereocenters. The number of hydrogen-bond acceptors (Lipinski definition) is 2. The molecule has 0 N–H and O–H groups in total. The van der Waals surface area contributed by atoms with Crippen molar-refractivity contribution < 1.29 is 9.59 Å². The van der Waals surface area contributed by atoms with Gasteiger partial charge >= 0.3 is 0 Å². The van der Waals surface area contributed by atoms with Gasteiger partial charge in [0.05, 0.1) is 5.92 Å². The van der Waals surface area contributed by atoms with E-state index in [1.54, 1.807) is 7.05 Å². The van der Waals surface area contributed by atoms with Gasteiger partial charge in [0.1, 0.15) is 0 Å². The van der Waals surface area contributed by atoms with Gasteiger partial charge in [0.25, 0.3) is 0 Å². The number of allylic oxidation sites excluding steroid dienone is 2. The lowest BCUT2D eigenvalue weighted by molar-refractivity contribution is -0.138. The summed E-state index contributed by atoms with van der Waals surface area (Å²) in [5, 5.41) is 0. The van der Waals surface area contributed by atoms with Crippen LogP contribution in [0, 0.1) is 23.7 Å². The highest BCUT2D eigenvalue weighted by molar-refractivity contribution is 6.04. The van der Waals surface area contributed by atoms with Gasteiger partial charge in [-0.05, 0) is 18.3 Å². The van der Waals surface area contributed by atoms with Gasteiger partial charge in [0.15, 0.2) is 0 Å². The molecule has 1 saturated heterocycles. The minimum absolute atomic E-state index is 0.00347. The van der Waals surface area contributed by atoms with Crippen molar-refractivity contribution >= 4 is 11.8 Å². The van der Waals surface area contributed by atoms with Crippen LogP contribution in [0.15, 0.2) is 12.2 Å². The van der Waals surface area contributed by atoms with E-state index < -0.39 is 0 Å². The standard InChI is InChI=1S/C12H17NO2/c1-7-4-5-9(6-7)10-8(2)11(14)13(3)12(10)15/h4-5,7-10H,6H2,1-3H3. The molecular weight excluding hydrogens is 190 g/mol. The zero-order chi connectivity index (χ0) is 11.2. The summed E-state index contributed by atoms with van der Waals surface area (Å²) in [6, 6.07) is 0. The Morgan fingerprint density at radius 3 is 2.27 bits per heavy atom. The zero-order valence-corrected chi connectivity index (χ0v) is 9.43. The maximum atomic E-state index is 11.9. The van der Waals surface area contributed by atoms with E-state index in [0.717, 1.165) is 6.42 Å². The van der Waals surface area contributed by atoms with E-state index in [1.165, 1.54) is 4.90 Å². The molecule has 4 atom stereocenters. The molecule has 0 bridgehead atoms. The second-order valence-electron chi connectivity index (χ2n) is 4.81. The maximum absolute atomic E-state index is 11.9. The molecule has 82 valence electrons. The lowest BCUT2D eigenvalue weighted by atomic mass is 9.83. The van der Waals surface area contributed by atoms with E-state index >= 15 is 0 Å². The summed E-state index contributed by atoms with van der Waals surface area (Å²) in [6.07, 6.45) is 5.26. The molecule has 2 aliphatic rings. The second kappa shape index (κ2) is 3.47. The van der Waals surface area contributed by atoms with Crippen molar-refractivity contribution in [3.8, 4) is 0 Å². The highest BCUT2D eigenvalue weighted by Crippen LogP contribution is 2.38. The van der Waals surface area contributed by atoms with E-state index in [-0.39, 0.29) is 29.6 Å². The average molecular weight is 207 g/mol. The van der Waals surface area contributed by atoms with Gasteiger partial charge in [0, 0.05) is 13.0 Å². The molecule has 0 spiro atoms. The number of carbonyl (C=O) groups excluding carboxylic acids is 2. The number of rotatable bonds is 1. The summed E-state index contributed by atoms with van der Waals surface area (Å²) in [5.41, 5.74) is 0. The zero-order valence-electron chi connectivity index (χ0n) is 9.43. The number of imide groups is 1. The van der Waals surface area contributed by atoms with E-state index in [1.807, 2.05) is 6.92 Å². The quantitative estimate of drug-likeness (QED) is 0.482. The molecule has 1 aliphatic carbocycles. The number of hydrogen-bond donors (Lipinski definition) is 0. The van der Waals surface area contributed by atoms with Crippen LogP contribution in [0.5, 0.6) is 0 Å². The number of amides is 2. The first-order valence-corrected chi connectivity index (χ1v) is 5.52. The Morgan fingerprint density at radius 1 is 1.20 bits per heavy atom. The van der Waals surface area contributed by atoms with Gasteiger partial charge in [-0.25, -0.2) is 0 Å². The molecule has 3 heteroatoms. The van der Waals surface area contributed by atoms with Crippen molar-refractivity contribution in [1.29, 1.82) is 0 Å². The first-order valence-electron chi connectivity index (χ1n) is 5.52. The third kappa shape index (κ3) is 1.50. The van der Waals surface area contributed by atoms with Crippen molar-refractivity contribution in [2.45, 2.75) is 20.3 Å². The van der Waals surface area contributed by atoms with Gasteiger partial charge in [-0.1, -0.05) is 26.0 Å². The fourth-order valence-corrected chi connectivity index (χ4v) is 2.74. The first kappa shape index (κ1) is 10.4. The van der Waals surface area contributed by atoms with Crippen molar-refractivity contribution in [3.05, 3.63) is 12.2 Å². The summed E-state index contributed by atoms with van der Waals surface area (Å²) < 4.78 is 0. The van der Waals surface area contributed by atoms with Gasteiger partial charge in [-0.2, -0.15) is 0 Å². The average Bonchev–Trinajstić information content (AvgIpc) is 2.68. The monoisotopic (exact) mass is 207 g/mol. The van der Waals surface area contributed by atoms with Gasteiger partial charge in [-0.3, -0.25) is 14.5 Å². The Hall–Kier alpha value is -1.12. The van der Waals surface area contributed by atoms with Gasteiger partial charge in [-0.15, -0.1) is 0 Å². The van der Waals surface area contributed by atoms with Crippen LogP contribution in [0.4, 0.5) is 0 Å². The van der Waals surface area contributed by atoms with Crippen LogP contribution < -0.4 is 0 Å². The topological polar surface area (TPSA) is 37.4 Å². The molecule has 0 saturated carbocycles. The van der Waals surface area contributed by atoms with Crippen molar-refractivity contribution in [2.75, 3.05) is 7.05 Å². The third-order valence-corrected chi connectivity index (χ3v) is 3.67. The predicted octanol–water partition coefficient (Wildman–Crippen LogP) is 1.45. The lowest BCUT2D eigenvalue weighted by Gasteiger charge is -2.18. The molecule has 3 nitrogen and oxygen atoms in total. The van der Waals surface area contributed by atoms with Crippen LogP contribution >= 0.6 is 0 Å². The van der Waals surface area contributed by atoms with E-state index in [4.69, 9.17) is 0 Å². The third-order valence-electron chi connectivity index (χ3n) is 3.67. The SMILES string of the molecule is CC1C=CC(C2C(=O)N(C)C(=O)C2C)C1. The molecule has 0 aromatic carbocycles. The molecule has 1 aliphatic heterocycles. The number of carbonyl (C=O) groups is 2. The highest BCUT2D eigenvalue weighted by atomic mass is 16.2. The second-order valence-corrected chi connectivity index (χ2v) is 4.81. The largest absolute Gasteiger partial charge is 0.285 e. The Bertz CT molecular complexity index is 335. The van der Waals surface area contributed by atoms with Gasteiger partial charge in [0.2, 0.25) is 11.8 Å². The van der Waals surface area contributed by atoms with Crippen LogP contribution in [0.2, 0.25) is 0 Å². The van der Waals surface area contributed by atoms with Crippen molar-refractivity contribution in [2.24, 2.45) is 23.7 Å². The van der Waals surface area contributed by atoms with Crippen LogP contribution in [0.1, 0.15) is 20.3 Å². The molecule has 0 aromatic rings. The number of nitrogens with zero attached hydrogens (tertiary/aromatic N) is 1. The van der Waals surface area contributed by atoms with Crippen molar-refractivity contribution in [1.82, 2.24) is 4.90 Å². The normalized spacial score (nSPS) is 40.6. The molecule has 1 heterocycles. The molecule has 1 fully saturated rings. The fraction of sp³-hybridized carbons (Fsp3) is 0.667. The van der Waals surface area contributed by atoms with Crippen LogP contribution in [0.3, 0.4) is 0 Å². The summed E-state index contributed by atoms with van der Waals surface area (Å²) in [6.45, 7) is 4.01. The Balaban J connectivity index is 2.20. The summed E-state index contributed by atoms with van der Waals surface area (Å²) in [4.78, 5) is 24.8. The predicted molar refractivity (Wildman–Crippen MR) is 56.8 cm³/mol. The summed E-state index contributed by atoms with van der Waals surface area (Å²) in [7, 11) is 1.59. The molecule has 0 radical (unpaired) electrons. The lowest BCUT2D eigenvalue weighted by Crippen LogP contribution is -2.27. The minimum atomic E-state index is -0.151. The maximum Gasteiger partial charge on any atom is 0.233 e. The Morgan fingerprint density at radius 2 is 1.87 bits per heavy atom. The summed E-state index contributed by atoms with van der Waals surface area (Å²) >= 11 is 0.